The van der Waals surface area contributed by atoms with Gasteiger partial charge in [-0.05, 0) is 63.5 Å². The van der Waals surface area contributed by atoms with Gasteiger partial charge in [0.15, 0.2) is 6.10 Å². The van der Waals surface area contributed by atoms with Crippen LogP contribution >= 0.6 is 24.0 Å². The quantitative estimate of drug-likeness (QED) is 0.751. The van der Waals surface area contributed by atoms with E-state index in [1.165, 1.54) is 0 Å². The zero-order chi connectivity index (χ0) is 17.6. The lowest BCUT2D eigenvalue weighted by Gasteiger charge is -2.37. The maximum absolute atomic E-state index is 12.4. The molecule has 2 rings (SSSR count). The Balaban J connectivity index is 0.00000312. The highest BCUT2D eigenvalue weighted by atomic mass is 35.5. The highest BCUT2D eigenvalue weighted by molar-refractivity contribution is 6.30. The van der Waals surface area contributed by atoms with Gasteiger partial charge in [-0.3, -0.25) is 4.79 Å². The summed E-state index contributed by atoms with van der Waals surface area (Å²) < 4.78 is 11.2. The van der Waals surface area contributed by atoms with Gasteiger partial charge in [0.05, 0.1) is 6.61 Å². The first-order valence-electron chi connectivity index (χ1n) is 8.36. The molecule has 0 spiro atoms. The molecule has 2 N–H and O–H groups in total. The van der Waals surface area contributed by atoms with Crippen molar-refractivity contribution in [2.45, 2.75) is 32.8 Å². The van der Waals surface area contributed by atoms with Gasteiger partial charge in [-0.1, -0.05) is 11.6 Å². The lowest BCUT2D eigenvalue weighted by atomic mass is 9.79. The van der Waals surface area contributed by atoms with E-state index in [4.69, 9.17) is 21.1 Å². The number of hydrogen-bond acceptors (Lipinski definition) is 4. The van der Waals surface area contributed by atoms with Crippen molar-refractivity contribution in [3.05, 3.63) is 28.8 Å². The lowest BCUT2D eigenvalue weighted by Crippen LogP contribution is -2.49. The molecule has 1 aromatic carbocycles. The van der Waals surface area contributed by atoms with Crippen molar-refractivity contribution >= 4 is 29.9 Å². The standard InChI is InChI=1S/C18H27ClN2O3.ClH/c1-13-10-15(19)4-5-16(13)24-14(2)17(22)21-11-18(12-23-3)6-8-20-9-7-18;/h4-5,10,14,20H,6-9,11-12H2,1-3H3,(H,21,22);1H. The normalized spacial score (nSPS) is 17.3. The predicted molar refractivity (Wildman–Crippen MR) is 103 cm³/mol. The average Bonchev–Trinajstić information content (AvgIpc) is 2.56. The van der Waals surface area contributed by atoms with Crippen LogP contribution < -0.4 is 15.4 Å². The van der Waals surface area contributed by atoms with Crippen LogP contribution in [0.25, 0.3) is 0 Å². The molecule has 1 amide bonds. The van der Waals surface area contributed by atoms with E-state index in [0.717, 1.165) is 31.5 Å². The van der Waals surface area contributed by atoms with Crippen LogP contribution in [0.2, 0.25) is 5.02 Å². The molecule has 1 aliphatic rings. The van der Waals surface area contributed by atoms with Gasteiger partial charge in [0.1, 0.15) is 5.75 Å². The van der Waals surface area contributed by atoms with E-state index in [1.54, 1.807) is 26.2 Å². The number of amides is 1. The van der Waals surface area contributed by atoms with Crippen LogP contribution in [0, 0.1) is 12.3 Å². The van der Waals surface area contributed by atoms with Crippen LogP contribution in [-0.4, -0.2) is 45.4 Å². The molecule has 0 aromatic heterocycles. The van der Waals surface area contributed by atoms with Gasteiger partial charge in [0.2, 0.25) is 0 Å². The summed E-state index contributed by atoms with van der Waals surface area (Å²) in [4.78, 5) is 12.4. The first-order chi connectivity index (χ1) is 11.5. The van der Waals surface area contributed by atoms with E-state index in [0.29, 0.717) is 23.9 Å². The minimum atomic E-state index is -0.564. The van der Waals surface area contributed by atoms with Crippen molar-refractivity contribution in [3.63, 3.8) is 0 Å². The minimum Gasteiger partial charge on any atom is -0.481 e. The van der Waals surface area contributed by atoms with Crippen LogP contribution in [-0.2, 0) is 9.53 Å². The predicted octanol–water partition coefficient (Wildman–Crippen LogP) is 2.97. The number of methoxy groups -OCH3 is 1. The molecule has 1 saturated heterocycles. The number of hydrogen-bond donors (Lipinski definition) is 2. The van der Waals surface area contributed by atoms with Gasteiger partial charge >= 0.3 is 0 Å². The largest absolute Gasteiger partial charge is 0.481 e. The smallest absolute Gasteiger partial charge is 0.260 e. The molecule has 7 heteroatoms. The number of halogens is 2. The number of rotatable bonds is 7. The second-order valence-corrected chi connectivity index (χ2v) is 7.01. The van der Waals surface area contributed by atoms with Crippen molar-refractivity contribution < 1.29 is 14.3 Å². The van der Waals surface area contributed by atoms with E-state index in [2.05, 4.69) is 10.6 Å². The zero-order valence-electron chi connectivity index (χ0n) is 15.1. The summed E-state index contributed by atoms with van der Waals surface area (Å²) >= 11 is 5.95. The highest BCUT2D eigenvalue weighted by Crippen LogP contribution is 2.28. The number of ether oxygens (including phenoxy) is 2. The third-order valence-electron chi connectivity index (χ3n) is 4.56. The molecule has 142 valence electrons. The number of aryl methyl sites for hydroxylation is 1. The number of nitrogens with one attached hydrogen (secondary N) is 2. The van der Waals surface area contributed by atoms with Crippen LogP contribution in [0.3, 0.4) is 0 Å². The summed E-state index contributed by atoms with van der Waals surface area (Å²) in [5.41, 5.74) is 0.919. The minimum absolute atomic E-state index is 0. The third kappa shape index (κ3) is 6.33. The van der Waals surface area contributed by atoms with Gasteiger partial charge in [-0.25, -0.2) is 0 Å². The molecule has 5 nitrogen and oxygen atoms in total. The van der Waals surface area contributed by atoms with E-state index in [9.17, 15) is 4.79 Å². The van der Waals surface area contributed by atoms with Crippen molar-refractivity contribution in [1.29, 1.82) is 0 Å². The topological polar surface area (TPSA) is 59.6 Å². The fourth-order valence-corrected chi connectivity index (χ4v) is 3.27. The molecule has 1 aromatic rings. The van der Waals surface area contributed by atoms with E-state index >= 15 is 0 Å². The Labute approximate surface area is 161 Å². The van der Waals surface area contributed by atoms with Gasteiger partial charge < -0.3 is 20.1 Å². The first-order valence-corrected chi connectivity index (χ1v) is 8.74. The summed E-state index contributed by atoms with van der Waals surface area (Å²) in [6.07, 6.45) is 1.42. The third-order valence-corrected chi connectivity index (χ3v) is 4.80. The number of piperidine rings is 1. The van der Waals surface area contributed by atoms with Crippen LogP contribution in [0.1, 0.15) is 25.3 Å². The van der Waals surface area contributed by atoms with E-state index in [1.807, 2.05) is 13.0 Å². The maximum atomic E-state index is 12.4. The molecule has 0 saturated carbocycles. The zero-order valence-corrected chi connectivity index (χ0v) is 16.6. The fourth-order valence-electron chi connectivity index (χ4n) is 3.04. The molecule has 25 heavy (non-hydrogen) atoms. The maximum Gasteiger partial charge on any atom is 0.260 e. The summed E-state index contributed by atoms with van der Waals surface area (Å²) in [5, 5.41) is 7.04. The van der Waals surface area contributed by atoms with E-state index < -0.39 is 6.10 Å². The molecule has 0 radical (unpaired) electrons. The number of carbonyl (C=O) groups excluding carboxylic acids is 1. The summed E-state index contributed by atoms with van der Waals surface area (Å²) in [6, 6.07) is 5.38. The number of carbonyl (C=O) groups is 1. The molecular formula is C18H28Cl2N2O3. The molecule has 1 fully saturated rings. The van der Waals surface area contributed by atoms with Gasteiger partial charge in [0.25, 0.3) is 5.91 Å². The highest BCUT2D eigenvalue weighted by Gasteiger charge is 2.33. The SMILES string of the molecule is COCC1(CNC(=O)C(C)Oc2ccc(Cl)cc2C)CCNCC1.Cl. The summed E-state index contributed by atoms with van der Waals surface area (Å²) in [5.74, 6) is 0.564. The molecule has 1 heterocycles. The van der Waals surface area contributed by atoms with E-state index in [-0.39, 0.29) is 23.7 Å². The molecular weight excluding hydrogens is 363 g/mol. The molecule has 1 aliphatic heterocycles. The second kappa shape index (κ2) is 10.2. The Morgan fingerprint density at radius 1 is 1.40 bits per heavy atom. The monoisotopic (exact) mass is 390 g/mol. The summed E-state index contributed by atoms with van der Waals surface area (Å²) in [6.45, 7) is 6.84. The Hall–Kier alpha value is -1.01. The molecule has 0 aliphatic carbocycles. The van der Waals surface area contributed by atoms with Crippen molar-refractivity contribution in [1.82, 2.24) is 10.6 Å². The Morgan fingerprint density at radius 2 is 2.08 bits per heavy atom. The Morgan fingerprint density at radius 3 is 2.68 bits per heavy atom. The Bertz CT molecular complexity index is 558. The second-order valence-electron chi connectivity index (χ2n) is 6.57. The Kier molecular flexibility index (Phi) is 9.00. The van der Waals surface area contributed by atoms with Gasteiger partial charge in [0, 0.05) is 24.1 Å². The van der Waals surface area contributed by atoms with Crippen molar-refractivity contribution in [3.8, 4) is 5.75 Å². The average molecular weight is 391 g/mol. The molecule has 0 bridgehead atoms. The van der Waals surface area contributed by atoms with Crippen LogP contribution in [0.15, 0.2) is 18.2 Å². The van der Waals surface area contributed by atoms with Crippen molar-refractivity contribution in [2.24, 2.45) is 5.41 Å². The summed E-state index contributed by atoms with van der Waals surface area (Å²) in [7, 11) is 1.71. The van der Waals surface area contributed by atoms with Crippen LogP contribution in [0.4, 0.5) is 0 Å². The van der Waals surface area contributed by atoms with Crippen LogP contribution in [0.5, 0.6) is 5.75 Å². The van der Waals surface area contributed by atoms with Gasteiger partial charge in [-0.2, -0.15) is 0 Å². The fraction of sp³-hybridized carbons (Fsp3) is 0.611. The number of benzene rings is 1. The molecule has 1 unspecified atom stereocenters. The lowest BCUT2D eigenvalue weighted by molar-refractivity contribution is -0.128. The van der Waals surface area contributed by atoms with Gasteiger partial charge in [-0.15, -0.1) is 12.4 Å². The van der Waals surface area contributed by atoms with Crippen molar-refractivity contribution in [2.75, 3.05) is 33.4 Å². The first kappa shape index (κ1) is 22.0. The molecule has 1 atom stereocenters.